The van der Waals surface area contributed by atoms with Crippen molar-refractivity contribution < 1.29 is 0 Å². The Morgan fingerprint density at radius 1 is 0.519 bits per heavy atom. The fourth-order valence-corrected chi connectivity index (χ4v) is 10.9. The third kappa shape index (κ3) is 4.06. The summed E-state index contributed by atoms with van der Waals surface area (Å²) < 4.78 is 3.96. The minimum Gasteiger partial charge on any atom is -0.376 e. The molecule has 0 unspecified atom stereocenters. The summed E-state index contributed by atoms with van der Waals surface area (Å²) in [7, 11) is 0. The van der Waals surface area contributed by atoms with Crippen LogP contribution in [0.1, 0.15) is 11.1 Å². The van der Waals surface area contributed by atoms with Crippen molar-refractivity contribution in [1.29, 1.82) is 0 Å². The van der Waals surface area contributed by atoms with Gasteiger partial charge in [-0.2, -0.15) is 0 Å². The smallest absolute Gasteiger partial charge is 0.333 e. The average molecular weight is 705 g/mol. The topological polar surface area (TPSA) is 8.17 Å². The summed E-state index contributed by atoms with van der Waals surface area (Å²) >= 11 is 1.92. The molecule has 0 radical (unpaired) electrons. The van der Waals surface area contributed by atoms with Crippen molar-refractivity contribution in [2.24, 2.45) is 0 Å². The third-order valence-corrected chi connectivity index (χ3v) is 13.2. The molecule has 0 saturated heterocycles. The monoisotopic (exact) mass is 704 g/mol. The Hall–Kier alpha value is -6.36. The number of hydrogen-bond acceptors (Lipinski definition) is 2. The number of hydrogen-bond donors (Lipinski definition) is 0. The molecule has 2 nitrogen and oxygen atoms in total. The van der Waals surface area contributed by atoms with Gasteiger partial charge in [-0.3, -0.25) is 0 Å². The van der Waals surface area contributed by atoms with Gasteiger partial charge in [0.05, 0.1) is 5.52 Å². The molecule has 0 fully saturated rings. The Balaban J connectivity index is 1.24. The van der Waals surface area contributed by atoms with Gasteiger partial charge in [0.1, 0.15) is 4.83 Å². The van der Waals surface area contributed by atoms with Gasteiger partial charge in [0, 0.05) is 43.5 Å². The highest BCUT2D eigenvalue weighted by Crippen LogP contribution is 2.49. The number of rotatable bonds is 3. The number of fused-ring (bicyclic) bond motifs is 10. The normalized spacial score (nSPS) is 12.9. The van der Waals surface area contributed by atoms with E-state index in [0.717, 1.165) is 0 Å². The summed E-state index contributed by atoms with van der Waals surface area (Å²) in [5.41, 5.74) is 18.0. The van der Waals surface area contributed by atoms with Gasteiger partial charge in [-0.05, 0) is 117 Å². The molecule has 4 heterocycles. The van der Waals surface area contributed by atoms with E-state index >= 15 is 0 Å². The number of nitrogens with zero attached hydrogens (tertiary/aromatic N) is 2. The Bertz CT molecular complexity index is 3170. The minimum absolute atomic E-state index is 0.0234. The van der Waals surface area contributed by atoms with Crippen molar-refractivity contribution >= 4 is 82.5 Å². The summed E-state index contributed by atoms with van der Waals surface area (Å²) in [5.74, 6) is 0. The van der Waals surface area contributed by atoms with Gasteiger partial charge in [-0.1, -0.05) is 121 Å². The van der Waals surface area contributed by atoms with Crippen LogP contribution in [-0.2, 0) is 0 Å². The molecule has 252 valence electrons. The van der Waals surface area contributed by atoms with Gasteiger partial charge in [0.25, 0.3) is 0 Å². The van der Waals surface area contributed by atoms with E-state index in [4.69, 9.17) is 0 Å². The van der Waals surface area contributed by atoms with E-state index in [0.29, 0.717) is 0 Å². The predicted octanol–water partition coefficient (Wildman–Crippen LogP) is 12.3. The molecule has 12 rings (SSSR count). The maximum absolute atomic E-state index is 2.64. The van der Waals surface area contributed by atoms with E-state index in [-0.39, 0.29) is 6.85 Å². The standard InChI is InChI=1S/C50H33BN2S/c1-30-12-10-13-31(2)46(30)36-27-41-40-26-34-16-6-7-17-35(34)28-43(40)53(37-24-22-33(23-25-37)32-14-4-3-5-15-32)51-42-20-11-19-39-47-38-18-8-9-21-45(38)54-50(47)52(49(39)42)44(29-36)48(41)51/h3-29H,1-2H3. The molecule has 0 atom stereocenters. The second-order valence-electron chi connectivity index (χ2n) is 15.0. The van der Waals surface area contributed by atoms with Crippen LogP contribution in [-0.4, -0.2) is 11.4 Å². The maximum Gasteiger partial charge on any atom is 0.333 e. The molecule has 10 aromatic rings. The number of thiophene rings is 1. The van der Waals surface area contributed by atoms with Crippen molar-refractivity contribution in [2.45, 2.75) is 13.8 Å². The zero-order valence-corrected chi connectivity index (χ0v) is 30.8. The average Bonchev–Trinajstić information content (AvgIpc) is 3.75. The van der Waals surface area contributed by atoms with Crippen LogP contribution >= 0.6 is 11.3 Å². The second-order valence-corrected chi connectivity index (χ2v) is 16.0. The number of benzene rings is 8. The van der Waals surface area contributed by atoms with Gasteiger partial charge in [0.15, 0.2) is 0 Å². The molecule has 2 aromatic heterocycles. The molecule has 2 aliphatic rings. The van der Waals surface area contributed by atoms with Crippen LogP contribution in [0.5, 0.6) is 0 Å². The van der Waals surface area contributed by atoms with Crippen molar-refractivity contribution in [3.8, 4) is 39.1 Å². The first-order valence-electron chi connectivity index (χ1n) is 18.8. The Morgan fingerprint density at radius 3 is 2.02 bits per heavy atom. The summed E-state index contributed by atoms with van der Waals surface area (Å²) in [4.78, 5) is 3.96. The zero-order valence-electron chi connectivity index (χ0n) is 30.0. The van der Waals surface area contributed by atoms with Gasteiger partial charge < -0.3 is 9.38 Å². The van der Waals surface area contributed by atoms with E-state index in [2.05, 4.69) is 187 Å². The first-order valence-corrected chi connectivity index (χ1v) is 19.6. The van der Waals surface area contributed by atoms with E-state index in [1.165, 1.54) is 114 Å². The lowest BCUT2D eigenvalue weighted by atomic mass is 9.44. The van der Waals surface area contributed by atoms with Crippen LogP contribution in [0.4, 0.5) is 11.4 Å². The highest BCUT2D eigenvalue weighted by molar-refractivity contribution is 7.26. The summed E-state index contributed by atoms with van der Waals surface area (Å²) in [6.45, 7) is 4.49. The van der Waals surface area contributed by atoms with Crippen molar-refractivity contribution in [1.82, 2.24) is 4.57 Å². The molecular formula is C50H33BN2S. The number of aryl methyl sites for hydroxylation is 2. The number of aromatic nitrogens is 1. The van der Waals surface area contributed by atoms with E-state index in [1.807, 2.05) is 11.3 Å². The molecule has 0 bridgehead atoms. The van der Waals surface area contributed by atoms with E-state index in [9.17, 15) is 0 Å². The molecule has 54 heavy (non-hydrogen) atoms. The lowest BCUT2D eigenvalue weighted by molar-refractivity contribution is 1.19. The van der Waals surface area contributed by atoms with Gasteiger partial charge in [-0.25, -0.2) is 0 Å². The van der Waals surface area contributed by atoms with Crippen LogP contribution in [0.2, 0.25) is 0 Å². The van der Waals surface area contributed by atoms with E-state index < -0.39 is 0 Å². The van der Waals surface area contributed by atoms with Crippen LogP contribution in [0.25, 0.3) is 81.0 Å². The minimum atomic E-state index is -0.0234. The SMILES string of the molecule is Cc1cccc(C)c1-c1cc2c3c(c1)-n1c4sc5ccccc5c4c4cccc(c41)B3N(c1ccc(-c3ccccc3)cc1)c1cc3ccccc3cc1-2. The van der Waals surface area contributed by atoms with Crippen molar-refractivity contribution in [3.63, 3.8) is 0 Å². The number of para-hydroxylation sites is 1. The molecule has 0 saturated carbocycles. The Kier molecular flexibility index (Phi) is 6.19. The summed E-state index contributed by atoms with van der Waals surface area (Å²) in [6, 6.07) is 61.3. The van der Waals surface area contributed by atoms with Crippen molar-refractivity contribution in [2.75, 3.05) is 4.81 Å². The number of anilines is 2. The Labute approximate surface area is 318 Å². The Morgan fingerprint density at radius 2 is 1.20 bits per heavy atom. The molecular weight excluding hydrogens is 671 g/mol. The van der Waals surface area contributed by atoms with Crippen molar-refractivity contribution in [3.05, 3.63) is 175 Å². The van der Waals surface area contributed by atoms with E-state index in [1.54, 1.807) is 0 Å². The molecule has 0 aliphatic carbocycles. The second kappa shape index (κ2) is 11.1. The van der Waals surface area contributed by atoms with Gasteiger partial charge in [0.2, 0.25) is 0 Å². The van der Waals surface area contributed by atoms with Crippen LogP contribution < -0.4 is 15.7 Å². The van der Waals surface area contributed by atoms with Gasteiger partial charge >= 0.3 is 6.85 Å². The van der Waals surface area contributed by atoms with Crippen LogP contribution in [0, 0.1) is 13.8 Å². The molecule has 0 spiro atoms. The highest BCUT2D eigenvalue weighted by atomic mass is 32.1. The third-order valence-electron chi connectivity index (χ3n) is 12.0. The first-order chi connectivity index (χ1) is 26.6. The predicted molar refractivity (Wildman–Crippen MR) is 233 cm³/mol. The van der Waals surface area contributed by atoms with Crippen LogP contribution in [0.3, 0.4) is 0 Å². The fourth-order valence-electron chi connectivity index (χ4n) is 9.70. The first kappa shape index (κ1) is 30.1. The molecule has 0 N–H and O–H groups in total. The summed E-state index contributed by atoms with van der Waals surface area (Å²) in [5, 5.41) is 6.53. The van der Waals surface area contributed by atoms with Gasteiger partial charge in [-0.15, -0.1) is 11.3 Å². The lowest BCUT2D eigenvalue weighted by Gasteiger charge is -2.42. The zero-order chi connectivity index (χ0) is 35.7. The quantitative estimate of drug-likeness (QED) is 0.166. The highest BCUT2D eigenvalue weighted by Gasteiger charge is 2.44. The molecule has 8 aromatic carbocycles. The molecule has 2 aliphatic heterocycles. The fraction of sp³-hybridized carbons (Fsp3) is 0.0400. The maximum atomic E-state index is 2.64. The van der Waals surface area contributed by atoms with Crippen LogP contribution in [0.15, 0.2) is 164 Å². The summed E-state index contributed by atoms with van der Waals surface area (Å²) in [6.07, 6.45) is 0. The molecule has 0 amide bonds. The molecule has 4 heteroatoms. The lowest BCUT2D eigenvalue weighted by Crippen LogP contribution is -2.60. The largest absolute Gasteiger partial charge is 0.376 e.